The number of rotatable bonds is 8. The third kappa shape index (κ3) is 9.49. The summed E-state index contributed by atoms with van der Waals surface area (Å²) in [4.78, 5) is 0. The van der Waals surface area contributed by atoms with Gasteiger partial charge in [0, 0.05) is 28.6 Å². The van der Waals surface area contributed by atoms with Crippen molar-refractivity contribution in [3.8, 4) is 22.9 Å². The quantitative estimate of drug-likeness (QED) is 0.120. The smallest absolute Gasteiger partial charge is 0.314 e. The van der Waals surface area contributed by atoms with Crippen molar-refractivity contribution in [2.45, 2.75) is 24.7 Å². The van der Waals surface area contributed by atoms with Gasteiger partial charge in [-0.25, -0.2) is 8.78 Å². The molecule has 0 unspecified atom stereocenters. The minimum absolute atomic E-state index is 0.125. The van der Waals surface area contributed by atoms with Crippen LogP contribution in [0.5, 0.6) is 0 Å². The summed E-state index contributed by atoms with van der Waals surface area (Å²) in [7, 11) is 0. The molecule has 0 aliphatic heterocycles. The van der Waals surface area contributed by atoms with Gasteiger partial charge in [0.2, 0.25) is 22.0 Å². The Morgan fingerprint density at radius 1 is 0.733 bits per heavy atom. The van der Waals surface area contributed by atoms with Crippen LogP contribution in [0, 0.1) is 11.6 Å². The number of hydrogen-bond donors (Lipinski definition) is 2. The van der Waals surface area contributed by atoms with Gasteiger partial charge < -0.3 is 19.9 Å². The first-order valence-corrected chi connectivity index (χ1v) is 14.9. The third-order valence-electron chi connectivity index (χ3n) is 5.17. The van der Waals surface area contributed by atoms with E-state index in [2.05, 4.69) is 62.0 Å². The second kappa shape index (κ2) is 16.0. The maximum Gasteiger partial charge on any atom is 0.314 e. The van der Waals surface area contributed by atoms with Gasteiger partial charge in [-0.3, -0.25) is 0 Å². The van der Waals surface area contributed by atoms with E-state index in [9.17, 15) is 26.3 Å². The Hall–Kier alpha value is -4.50. The first-order chi connectivity index (χ1) is 21.6. The second-order valence-corrected chi connectivity index (χ2v) is 10.4. The topological polar surface area (TPSA) is 167 Å². The molecule has 0 spiro atoms. The van der Waals surface area contributed by atoms with Gasteiger partial charge in [-0.1, -0.05) is 50.7 Å². The zero-order valence-electron chi connectivity index (χ0n) is 22.1. The minimum Gasteiger partial charge on any atom is -0.415 e. The fourth-order valence-electron chi connectivity index (χ4n) is 3.09. The predicted molar refractivity (Wildman–Crippen MR) is 153 cm³/mol. The number of nitrogens with one attached hydrogen (secondary N) is 1. The number of aromatic nitrogens is 8. The number of anilines is 2. The van der Waals surface area contributed by atoms with Crippen LogP contribution >= 0.6 is 38.6 Å². The molecule has 12 nitrogen and oxygen atoms in total. The molecule has 45 heavy (non-hydrogen) atoms. The molecule has 0 radical (unpaired) electrons. The highest BCUT2D eigenvalue weighted by Gasteiger charge is 2.19. The van der Waals surface area contributed by atoms with Crippen molar-refractivity contribution in [1.29, 1.82) is 0 Å². The number of halogens is 7. The van der Waals surface area contributed by atoms with E-state index in [-0.39, 0.29) is 29.5 Å². The maximum atomic E-state index is 14.0. The lowest BCUT2D eigenvalue weighted by atomic mass is 10.1. The largest absolute Gasteiger partial charge is 0.415 e. The Kier molecular flexibility index (Phi) is 11.9. The van der Waals surface area contributed by atoms with Gasteiger partial charge >= 0.3 is 12.9 Å². The Bertz CT molecular complexity index is 1770. The fraction of sp³-hybridized carbons (Fsp3) is 0.167. The molecule has 0 aliphatic carbocycles. The molecule has 6 aromatic rings. The summed E-state index contributed by atoms with van der Waals surface area (Å²) in [5.74, 6) is -2.83. The average molecular weight is 735 g/mol. The van der Waals surface area contributed by atoms with Gasteiger partial charge in [0.05, 0.1) is 0 Å². The molecular weight excluding hydrogens is 718 g/mol. The Morgan fingerprint density at radius 2 is 1.27 bits per heavy atom. The van der Waals surface area contributed by atoms with Crippen LogP contribution in [0.2, 0.25) is 0 Å². The molecule has 4 heterocycles. The van der Waals surface area contributed by atoms with Crippen molar-refractivity contribution in [3.63, 3.8) is 0 Å². The molecule has 236 valence electrons. The van der Waals surface area contributed by atoms with Crippen molar-refractivity contribution in [2.75, 3.05) is 11.1 Å². The Morgan fingerprint density at radius 3 is 1.64 bits per heavy atom. The molecule has 0 aliphatic rings. The molecule has 6 rings (SSSR count). The molecule has 21 heteroatoms. The summed E-state index contributed by atoms with van der Waals surface area (Å²) < 4.78 is 86.1. The van der Waals surface area contributed by atoms with Crippen LogP contribution in [0.4, 0.5) is 36.6 Å². The van der Waals surface area contributed by atoms with E-state index in [1.165, 1.54) is 53.0 Å². The lowest BCUT2D eigenvalue weighted by Crippen LogP contribution is -2.01. The lowest BCUT2D eigenvalue weighted by Gasteiger charge is -2.05. The van der Waals surface area contributed by atoms with E-state index < -0.39 is 36.3 Å². The number of nitrogens with two attached hydrogens (primary N) is 1. The third-order valence-corrected chi connectivity index (χ3v) is 6.94. The molecule has 0 amide bonds. The van der Waals surface area contributed by atoms with Gasteiger partial charge in [0.15, 0.2) is 0 Å². The molecule has 0 saturated heterocycles. The lowest BCUT2D eigenvalue weighted by molar-refractivity contribution is 0.115. The monoisotopic (exact) mass is 734 g/mol. The average Bonchev–Trinajstić information content (AvgIpc) is 3.85. The number of benzene rings is 2. The van der Waals surface area contributed by atoms with Gasteiger partial charge in [-0.05, 0) is 29.8 Å². The zero-order chi connectivity index (χ0) is 32.3. The molecule has 3 N–H and O–H groups in total. The van der Waals surface area contributed by atoms with E-state index in [1.807, 2.05) is 0 Å². The Labute approximate surface area is 264 Å². The van der Waals surface area contributed by atoms with Crippen molar-refractivity contribution >= 4 is 48.9 Å². The van der Waals surface area contributed by atoms with Crippen molar-refractivity contribution < 1.29 is 35.2 Å². The van der Waals surface area contributed by atoms with Crippen LogP contribution in [0.3, 0.4) is 0 Å². The van der Waals surface area contributed by atoms with Crippen LogP contribution in [0.15, 0.2) is 56.3 Å². The van der Waals surface area contributed by atoms with Crippen molar-refractivity contribution in [3.05, 3.63) is 82.0 Å². The number of hydrogen-bond acceptors (Lipinski definition) is 14. The number of alkyl halides is 5. The van der Waals surface area contributed by atoms with Crippen LogP contribution < -0.4 is 11.1 Å². The second-order valence-electron chi connectivity index (χ2n) is 8.11. The number of nitrogens with zero attached hydrogens (tertiary/aromatic N) is 8. The SMILES string of the molecule is Fc1cc(-c2nnc(C(F)F)o2)ccc1CBr.Fc1cc(-c2nnc(C(F)F)o2)ccc1CNc1nncs1.Nc1nncs1. The maximum absolute atomic E-state index is 14.0. The molecule has 0 saturated carbocycles. The van der Waals surface area contributed by atoms with E-state index in [0.29, 0.717) is 26.7 Å². The van der Waals surface area contributed by atoms with Crippen LogP contribution in [0.25, 0.3) is 22.9 Å². The first-order valence-electron chi connectivity index (χ1n) is 12.0. The van der Waals surface area contributed by atoms with E-state index in [1.54, 1.807) is 11.0 Å². The Balaban J connectivity index is 0.000000177. The summed E-state index contributed by atoms with van der Waals surface area (Å²) in [5.41, 5.74) is 9.61. The normalized spacial score (nSPS) is 10.8. The zero-order valence-corrected chi connectivity index (χ0v) is 25.3. The van der Waals surface area contributed by atoms with E-state index >= 15 is 0 Å². The molecular formula is C24H17BrF6N10O2S2. The molecule has 0 bridgehead atoms. The summed E-state index contributed by atoms with van der Waals surface area (Å²) in [6.45, 7) is 0.216. The minimum atomic E-state index is -2.86. The van der Waals surface area contributed by atoms with Gasteiger partial charge in [-0.15, -0.1) is 40.8 Å². The summed E-state index contributed by atoms with van der Waals surface area (Å²) in [6.07, 6.45) is -5.69. The van der Waals surface area contributed by atoms with Crippen molar-refractivity contribution in [2.24, 2.45) is 0 Å². The van der Waals surface area contributed by atoms with Crippen LogP contribution in [0.1, 0.15) is 35.8 Å². The van der Waals surface area contributed by atoms with E-state index in [0.717, 1.165) is 6.07 Å². The van der Waals surface area contributed by atoms with Crippen LogP contribution in [-0.4, -0.2) is 40.8 Å². The summed E-state index contributed by atoms with van der Waals surface area (Å²) >= 11 is 5.75. The van der Waals surface area contributed by atoms with Gasteiger partial charge in [0.1, 0.15) is 22.7 Å². The predicted octanol–water partition coefficient (Wildman–Crippen LogP) is 7.11. The van der Waals surface area contributed by atoms with E-state index in [4.69, 9.17) is 14.6 Å². The van der Waals surface area contributed by atoms with Crippen molar-refractivity contribution in [1.82, 2.24) is 40.8 Å². The van der Waals surface area contributed by atoms with Gasteiger partial charge in [0.25, 0.3) is 11.8 Å². The number of nitrogen functional groups attached to an aromatic ring is 1. The van der Waals surface area contributed by atoms with Gasteiger partial charge in [-0.2, -0.15) is 17.6 Å². The summed E-state index contributed by atoms with van der Waals surface area (Å²) in [6, 6.07) is 8.39. The molecule has 4 aromatic heterocycles. The highest BCUT2D eigenvalue weighted by molar-refractivity contribution is 9.08. The first kappa shape index (κ1) is 33.4. The molecule has 0 atom stereocenters. The molecule has 0 fully saturated rings. The fourth-order valence-corrected chi connectivity index (χ4v) is 4.29. The highest BCUT2D eigenvalue weighted by Crippen LogP contribution is 2.26. The van der Waals surface area contributed by atoms with Crippen LogP contribution in [-0.2, 0) is 11.9 Å². The highest BCUT2D eigenvalue weighted by atomic mass is 79.9. The summed E-state index contributed by atoms with van der Waals surface area (Å²) in [5, 5.41) is 32.0. The molecule has 2 aromatic carbocycles. The standard InChI is InChI=1S/C12H8F3N5OS.C10H6BrF3N2O.C2H3N3S/c13-8-3-6(10-18-19-11(21-10)9(14)15)1-2-7(8)4-16-12-20-17-5-22-12;11-4-6-2-1-5(3-7(6)12)9-15-16-10(17-9)8(13)14;3-2-5-4-1-6-2/h1-3,5,9H,4H2,(H,16,20);1-3,8H,4H2;1H,(H2,3,5).